The predicted octanol–water partition coefficient (Wildman–Crippen LogP) is -0.606. The Morgan fingerprint density at radius 1 is 1.27 bits per heavy atom. The Morgan fingerprint density at radius 3 is 2.46 bits per heavy atom. The van der Waals surface area contributed by atoms with E-state index in [2.05, 4.69) is 14.7 Å². The van der Waals surface area contributed by atoms with Gasteiger partial charge in [-0.15, -0.1) is 0 Å². The molecule has 1 heterocycles. The largest absolute Gasteiger partial charge is 0.497 e. The molecule has 26 heavy (non-hydrogen) atoms. The second kappa shape index (κ2) is 7.65. The van der Waals surface area contributed by atoms with Crippen LogP contribution in [0.2, 0.25) is 0 Å². The van der Waals surface area contributed by atoms with Gasteiger partial charge >= 0.3 is 5.97 Å². The topological polar surface area (TPSA) is 168 Å². The number of anilines is 1. The predicted molar refractivity (Wildman–Crippen MR) is 88.6 cm³/mol. The molecular weight excluding hydrogens is 368 g/mol. The first-order chi connectivity index (χ1) is 12.2. The molecule has 1 aromatic carbocycles. The van der Waals surface area contributed by atoms with Gasteiger partial charge in [0, 0.05) is 6.20 Å². The van der Waals surface area contributed by atoms with Crippen LogP contribution in [0, 0.1) is 0 Å². The van der Waals surface area contributed by atoms with E-state index in [4.69, 9.17) is 9.84 Å². The summed E-state index contributed by atoms with van der Waals surface area (Å²) in [4.78, 5) is 39.6. The van der Waals surface area contributed by atoms with Crippen molar-refractivity contribution in [2.45, 2.75) is 4.90 Å². The SMILES string of the molecule is COc1ccc(S(=O)(=O)Nc2ncc(C(=O)NCC(=O)O)c(=O)[nH]2)cc1. The molecule has 11 nitrogen and oxygen atoms in total. The number of nitrogens with zero attached hydrogens (tertiary/aromatic N) is 1. The average molecular weight is 382 g/mol. The Hall–Kier alpha value is -3.41. The molecule has 0 saturated heterocycles. The summed E-state index contributed by atoms with van der Waals surface area (Å²) in [5.74, 6) is -2.18. The number of rotatable bonds is 7. The van der Waals surface area contributed by atoms with Gasteiger partial charge in [-0.25, -0.2) is 18.1 Å². The van der Waals surface area contributed by atoms with Crippen molar-refractivity contribution in [1.29, 1.82) is 0 Å². The van der Waals surface area contributed by atoms with E-state index in [1.807, 2.05) is 5.32 Å². The highest BCUT2D eigenvalue weighted by Gasteiger charge is 2.18. The highest BCUT2D eigenvalue weighted by molar-refractivity contribution is 7.92. The maximum Gasteiger partial charge on any atom is 0.322 e. The zero-order chi connectivity index (χ0) is 19.3. The molecule has 0 fully saturated rings. The van der Waals surface area contributed by atoms with Gasteiger partial charge < -0.3 is 15.2 Å². The second-order valence-electron chi connectivity index (χ2n) is 4.83. The number of amides is 1. The first kappa shape index (κ1) is 18.9. The normalized spacial score (nSPS) is 10.8. The smallest absolute Gasteiger partial charge is 0.322 e. The van der Waals surface area contributed by atoms with Crippen LogP contribution in [0.15, 0.2) is 40.2 Å². The lowest BCUT2D eigenvalue weighted by molar-refractivity contribution is -0.135. The molecule has 0 aliphatic rings. The van der Waals surface area contributed by atoms with E-state index < -0.39 is 45.5 Å². The summed E-state index contributed by atoms with van der Waals surface area (Å²) in [6, 6.07) is 5.49. The van der Waals surface area contributed by atoms with Gasteiger partial charge in [0.25, 0.3) is 21.5 Å². The summed E-state index contributed by atoms with van der Waals surface area (Å²) in [5, 5.41) is 10.5. The summed E-state index contributed by atoms with van der Waals surface area (Å²) in [6.07, 6.45) is 0.835. The number of hydrogen-bond acceptors (Lipinski definition) is 7. The number of carbonyl (C=O) groups is 2. The molecule has 2 rings (SSSR count). The number of benzene rings is 1. The highest BCUT2D eigenvalue weighted by Crippen LogP contribution is 2.17. The summed E-state index contributed by atoms with van der Waals surface area (Å²) in [5.41, 5.74) is -1.39. The number of carbonyl (C=O) groups excluding carboxylic acids is 1. The fourth-order valence-corrected chi connectivity index (χ4v) is 2.77. The van der Waals surface area contributed by atoms with E-state index in [0.29, 0.717) is 5.75 Å². The van der Waals surface area contributed by atoms with E-state index in [1.165, 1.54) is 31.4 Å². The van der Waals surface area contributed by atoms with Crippen LogP contribution in [0.1, 0.15) is 10.4 Å². The molecule has 0 unspecified atom stereocenters. The zero-order valence-corrected chi connectivity index (χ0v) is 14.2. The van der Waals surface area contributed by atoms with Gasteiger partial charge in [-0.2, -0.15) is 0 Å². The molecule has 1 aromatic heterocycles. The summed E-state index contributed by atoms with van der Waals surface area (Å²) < 4.78 is 31.5. The van der Waals surface area contributed by atoms with Crippen LogP contribution in [0.3, 0.4) is 0 Å². The van der Waals surface area contributed by atoms with Crippen molar-refractivity contribution in [3.05, 3.63) is 46.4 Å². The number of nitrogens with one attached hydrogen (secondary N) is 3. The fourth-order valence-electron chi connectivity index (χ4n) is 1.80. The first-order valence-electron chi connectivity index (χ1n) is 6.99. The summed E-state index contributed by atoms with van der Waals surface area (Å²) >= 11 is 0. The lowest BCUT2D eigenvalue weighted by atomic mass is 10.3. The Bertz CT molecular complexity index is 983. The van der Waals surface area contributed by atoms with Crippen molar-refractivity contribution in [2.24, 2.45) is 0 Å². The van der Waals surface area contributed by atoms with Crippen LogP contribution in [0.5, 0.6) is 5.75 Å². The number of H-pyrrole nitrogens is 1. The van der Waals surface area contributed by atoms with Crippen LogP contribution in [-0.2, 0) is 14.8 Å². The van der Waals surface area contributed by atoms with Crippen molar-refractivity contribution in [1.82, 2.24) is 15.3 Å². The third-order valence-electron chi connectivity index (χ3n) is 3.04. The number of carboxylic acid groups (broad SMARTS) is 1. The molecule has 12 heteroatoms. The highest BCUT2D eigenvalue weighted by atomic mass is 32.2. The molecule has 0 radical (unpaired) electrons. The van der Waals surface area contributed by atoms with Crippen LogP contribution in [0.25, 0.3) is 0 Å². The van der Waals surface area contributed by atoms with E-state index in [1.54, 1.807) is 0 Å². The van der Waals surface area contributed by atoms with Gasteiger partial charge in [0.1, 0.15) is 17.9 Å². The molecule has 0 aliphatic carbocycles. The van der Waals surface area contributed by atoms with Crippen LogP contribution >= 0.6 is 0 Å². The molecule has 138 valence electrons. The van der Waals surface area contributed by atoms with E-state index >= 15 is 0 Å². The quantitative estimate of drug-likeness (QED) is 0.492. The second-order valence-corrected chi connectivity index (χ2v) is 6.51. The molecule has 1 amide bonds. The monoisotopic (exact) mass is 382 g/mol. The first-order valence-corrected chi connectivity index (χ1v) is 8.47. The van der Waals surface area contributed by atoms with Crippen molar-refractivity contribution in [3.63, 3.8) is 0 Å². The molecule has 0 atom stereocenters. The Morgan fingerprint density at radius 2 is 1.92 bits per heavy atom. The lowest BCUT2D eigenvalue weighted by Gasteiger charge is -2.08. The lowest BCUT2D eigenvalue weighted by Crippen LogP contribution is -2.34. The number of methoxy groups -OCH3 is 1. The number of hydrogen-bond donors (Lipinski definition) is 4. The van der Waals surface area contributed by atoms with Gasteiger partial charge in [-0.3, -0.25) is 19.4 Å². The Kier molecular flexibility index (Phi) is 5.57. The van der Waals surface area contributed by atoms with E-state index in [-0.39, 0.29) is 4.90 Å². The maximum absolute atomic E-state index is 12.3. The fraction of sp³-hybridized carbons (Fsp3) is 0.143. The average Bonchev–Trinajstić information content (AvgIpc) is 2.59. The number of aliphatic carboxylic acids is 1. The van der Waals surface area contributed by atoms with Gasteiger partial charge in [0.15, 0.2) is 0 Å². The Balaban J connectivity index is 2.19. The minimum absolute atomic E-state index is 0.0933. The zero-order valence-electron chi connectivity index (χ0n) is 13.3. The molecule has 0 aliphatic heterocycles. The van der Waals surface area contributed by atoms with Gasteiger partial charge in [0.2, 0.25) is 5.95 Å². The van der Waals surface area contributed by atoms with Gasteiger partial charge in [-0.1, -0.05) is 0 Å². The molecule has 4 N–H and O–H groups in total. The number of aromatic nitrogens is 2. The molecule has 0 saturated carbocycles. The minimum Gasteiger partial charge on any atom is -0.497 e. The van der Waals surface area contributed by atoms with Gasteiger partial charge in [0.05, 0.1) is 12.0 Å². The van der Waals surface area contributed by atoms with E-state index in [0.717, 1.165) is 6.20 Å². The maximum atomic E-state index is 12.3. The number of ether oxygens (including phenoxy) is 1. The van der Waals surface area contributed by atoms with Gasteiger partial charge in [-0.05, 0) is 24.3 Å². The standard InChI is InChI=1S/C14H14N4O7S/c1-25-8-2-4-9(5-3-8)26(23,24)18-14-16-6-10(13(22)17-14)12(21)15-7-11(19)20/h2-6H,7H2,1H3,(H,15,21)(H,19,20)(H2,16,17,18,22). The van der Waals surface area contributed by atoms with Crippen LogP contribution in [0.4, 0.5) is 5.95 Å². The molecule has 2 aromatic rings. The summed E-state index contributed by atoms with van der Waals surface area (Å²) in [7, 11) is -2.59. The van der Waals surface area contributed by atoms with Crippen molar-refractivity contribution >= 4 is 27.8 Å². The third-order valence-corrected chi connectivity index (χ3v) is 4.40. The molecule has 0 spiro atoms. The van der Waals surface area contributed by atoms with Crippen molar-refractivity contribution < 1.29 is 27.9 Å². The molecule has 0 bridgehead atoms. The summed E-state index contributed by atoms with van der Waals surface area (Å²) in [6.45, 7) is -0.676. The Labute approximate surface area is 147 Å². The van der Waals surface area contributed by atoms with Crippen molar-refractivity contribution in [3.8, 4) is 5.75 Å². The number of sulfonamides is 1. The van der Waals surface area contributed by atoms with Crippen molar-refractivity contribution in [2.75, 3.05) is 18.4 Å². The third kappa shape index (κ3) is 4.57. The minimum atomic E-state index is -4.03. The van der Waals surface area contributed by atoms with E-state index in [9.17, 15) is 22.8 Å². The van der Waals surface area contributed by atoms with Crippen LogP contribution in [-0.4, -0.2) is 49.0 Å². The molecular formula is C14H14N4O7S. The number of aromatic amines is 1. The van der Waals surface area contributed by atoms with Crippen LogP contribution < -0.4 is 20.3 Å². The number of carboxylic acids is 1.